The average Bonchev–Trinajstić information content (AvgIpc) is 2.78. The van der Waals surface area contributed by atoms with Gasteiger partial charge in [-0.2, -0.15) is 0 Å². The third-order valence-corrected chi connectivity index (χ3v) is 4.03. The number of fused-ring (bicyclic) bond motifs is 2. The first kappa shape index (κ1) is 13.6. The second-order valence-electron chi connectivity index (χ2n) is 5.62. The number of H-pyrrole nitrogens is 1. The van der Waals surface area contributed by atoms with E-state index in [-0.39, 0.29) is 5.91 Å². The van der Waals surface area contributed by atoms with E-state index < -0.39 is 0 Å². The number of nitrogens with zero attached hydrogens (tertiary/aromatic N) is 1. The van der Waals surface area contributed by atoms with Gasteiger partial charge in [-0.1, -0.05) is 6.07 Å². The molecule has 1 aromatic heterocycles. The van der Waals surface area contributed by atoms with Crippen LogP contribution in [0, 0.1) is 6.92 Å². The zero-order valence-electron chi connectivity index (χ0n) is 12.6. The lowest BCUT2D eigenvalue weighted by atomic mass is 9.97. The summed E-state index contributed by atoms with van der Waals surface area (Å²) in [7, 11) is 0. The van der Waals surface area contributed by atoms with Crippen molar-refractivity contribution >= 4 is 22.9 Å². The van der Waals surface area contributed by atoms with Crippen molar-refractivity contribution in [1.82, 2.24) is 15.3 Å². The predicted molar refractivity (Wildman–Crippen MR) is 88.5 cm³/mol. The van der Waals surface area contributed by atoms with Gasteiger partial charge in [-0.15, -0.1) is 0 Å². The Balaban J connectivity index is 1.87. The lowest BCUT2D eigenvalue weighted by molar-refractivity contribution is 0.0957. The molecule has 6 heteroatoms. The van der Waals surface area contributed by atoms with E-state index in [4.69, 9.17) is 10.5 Å². The second kappa shape index (κ2) is 5.01. The molecular formula is C17H16N4O2. The zero-order valence-corrected chi connectivity index (χ0v) is 12.6. The van der Waals surface area contributed by atoms with Crippen molar-refractivity contribution in [2.24, 2.45) is 0 Å². The molecule has 0 saturated carbocycles. The van der Waals surface area contributed by atoms with Crippen molar-refractivity contribution in [3.8, 4) is 16.9 Å². The summed E-state index contributed by atoms with van der Waals surface area (Å²) in [5.74, 6) is 0.903. The molecule has 1 aliphatic heterocycles. The van der Waals surface area contributed by atoms with Crippen LogP contribution in [0.15, 0.2) is 30.3 Å². The van der Waals surface area contributed by atoms with Gasteiger partial charge in [0.1, 0.15) is 12.4 Å². The largest absolute Gasteiger partial charge is 0.491 e. The molecule has 0 radical (unpaired) electrons. The summed E-state index contributed by atoms with van der Waals surface area (Å²) in [5.41, 5.74) is 11.0. The first-order valence-electron chi connectivity index (χ1n) is 7.43. The number of aryl methyl sites for hydroxylation is 1. The highest BCUT2D eigenvalue weighted by molar-refractivity contribution is 5.99. The summed E-state index contributed by atoms with van der Waals surface area (Å²) in [6, 6.07) is 9.66. The van der Waals surface area contributed by atoms with Gasteiger partial charge in [0.15, 0.2) is 5.95 Å². The summed E-state index contributed by atoms with van der Waals surface area (Å²) in [6.07, 6.45) is 0. The molecule has 116 valence electrons. The molecule has 0 saturated heterocycles. The van der Waals surface area contributed by atoms with E-state index >= 15 is 0 Å². The Bertz CT molecular complexity index is 930. The second-order valence-corrected chi connectivity index (χ2v) is 5.62. The molecule has 0 bridgehead atoms. The van der Waals surface area contributed by atoms with Gasteiger partial charge < -0.3 is 20.8 Å². The number of nitrogens with two attached hydrogens (primary N) is 1. The summed E-state index contributed by atoms with van der Waals surface area (Å²) in [5, 5.41) is 2.83. The Morgan fingerprint density at radius 2 is 2.09 bits per heavy atom. The number of carbonyl (C=O) groups excluding carboxylic acids is 1. The molecule has 0 fully saturated rings. The Morgan fingerprint density at radius 3 is 2.96 bits per heavy atom. The molecule has 6 nitrogen and oxygen atoms in total. The lowest BCUT2D eigenvalue weighted by Gasteiger charge is -2.10. The number of anilines is 1. The van der Waals surface area contributed by atoms with Gasteiger partial charge in [0.25, 0.3) is 5.91 Å². The topological polar surface area (TPSA) is 93.0 Å². The number of imidazole rings is 1. The molecule has 0 spiro atoms. The quantitative estimate of drug-likeness (QED) is 0.643. The SMILES string of the molecule is Cc1cc2[nH]c(N)nc2cc1-c1ccc2c(c1)C(=O)NCCO2. The molecule has 2 aromatic carbocycles. The zero-order chi connectivity index (χ0) is 16.0. The van der Waals surface area contributed by atoms with Crippen LogP contribution >= 0.6 is 0 Å². The predicted octanol–water partition coefficient (Wildman–Crippen LogP) is 2.24. The van der Waals surface area contributed by atoms with Crippen molar-refractivity contribution in [2.75, 3.05) is 18.9 Å². The van der Waals surface area contributed by atoms with Crippen LogP contribution in [0.5, 0.6) is 5.75 Å². The number of nitrogen functional groups attached to an aromatic ring is 1. The highest BCUT2D eigenvalue weighted by Crippen LogP contribution is 2.31. The van der Waals surface area contributed by atoms with E-state index in [1.807, 2.05) is 37.3 Å². The summed E-state index contributed by atoms with van der Waals surface area (Å²) < 4.78 is 5.60. The van der Waals surface area contributed by atoms with Crippen molar-refractivity contribution in [3.63, 3.8) is 0 Å². The smallest absolute Gasteiger partial charge is 0.255 e. The molecular weight excluding hydrogens is 292 g/mol. The maximum absolute atomic E-state index is 12.2. The highest BCUT2D eigenvalue weighted by atomic mass is 16.5. The van der Waals surface area contributed by atoms with Crippen LogP contribution in [-0.4, -0.2) is 29.0 Å². The number of hydrogen-bond donors (Lipinski definition) is 3. The molecule has 23 heavy (non-hydrogen) atoms. The van der Waals surface area contributed by atoms with Crippen LogP contribution in [-0.2, 0) is 0 Å². The van der Waals surface area contributed by atoms with Crippen LogP contribution in [0.1, 0.15) is 15.9 Å². The first-order valence-corrected chi connectivity index (χ1v) is 7.43. The normalized spacial score (nSPS) is 14.0. The fourth-order valence-corrected chi connectivity index (χ4v) is 2.92. The van der Waals surface area contributed by atoms with Gasteiger partial charge in [0.05, 0.1) is 23.1 Å². The van der Waals surface area contributed by atoms with Crippen molar-refractivity contribution < 1.29 is 9.53 Å². The molecule has 4 N–H and O–H groups in total. The molecule has 0 atom stereocenters. The van der Waals surface area contributed by atoms with Crippen LogP contribution in [0.4, 0.5) is 5.95 Å². The minimum Gasteiger partial charge on any atom is -0.491 e. The minimum atomic E-state index is -0.109. The Hall–Kier alpha value is -3.02. The van der Waals surface area contributed by atoms with Crippen molar-refractivity contribution in [2.45, 2.75) is 6.92 Å². The number of carbonyl (C=O) groups is 1. The van der Waals surface area contributed by atoms with E-state index in [1.165, 1.54) is 0 Å². The number of nitrogens with one attached hydrogen (secondary N) is 2. The molecule has 2 heterocycles. The summed E-state index contributed by atoms with van der Waals surface area (Å²) in [6.45, 7) is 3.02. The van der Waals surface area contributed by atoms with Gasteiger partial charge in [-0.05, 0) is 47.9 Å². The summed E-state index contributed by atoms with van der Waals surface area (Å²) in [4.78, 5) is 19.5. The lowest BCUT2D eigenvalue weighted by Crippen LogP contribution is -2.24. The fraction of sp³-hybridized carbons (Fsp3) is 0.176. The number of aromatic amines is 1. The molecule has 1 aliphatic rings. The van der Waals surface area contributed by atoms with Gasteiger partial charge in [0.2, 0.25) is 0 Å². The van der Waals surface area contributed by atoms with Gasteiger partial charge >= 0.3 is 0 Å². The van der Waals surface area contributed by atoms with Gasteiger partial charge in [0, 0.05) is 0 Å². The molecule has 0 unspecified atom stereocenters. The van der Waals surface area contributed by atoms with E-state index in [1.54, 1.807) is 0 Å². The van der Waals surface area contributed by atoms with E-state index in [0.29, 0.717) is 30.4 Å². The molecule has 4 rings (SSSR count). The monoisotopic (exact) mass is 308 g/mol. The number of aromatic nitrogens is 2. The van der Waals surface area contributed by atoms with E-state index in [9.17, 15) is 4.79 Å². The molecule has 1 amide bonds. The van der Waals surface area contributed by atoms with Gasteiger partial charge in [-0.3, -0.25) is 4.79 Å². The van der Waals surface area contributed by atoms with Gasteiger partial charge in [-0.25, -0.2) is 4.98 Å². The number of hydrogen-bond acceptors (Lipinski definition) is 4. The average molecular weight is 308 g/mol. The van der Waals surface area contributed by atoms with E-state index in [0.717, 1.165) is 27.7 Å². The fourth-order valence-electron chi connectivity index (χ4n) is 2.92. The Kier molecular flexibility index (Phi) is 2.97. The number of rotatable bonds is 1. The number of benzene rings is 2. The number of amides is 1. The van der Waals surface area contributed by atoms with Crippen LogP contribution < -0.4 is 15.8 Å². The van der Waals surface area contributed by atoms with Crippen molar-refractivity contribution in [3.05, 3.63) is 41.5 Å². The standard InChI is InChI=1S/C17H16N4O2/c1-9-6-13-14(21-17(18)20-13)8-11(9)10-2-3-15-12(7-10)16(22)19-4-5-23-15/h2-3,6-8H,4-5H2,1H3,(H,19,22)(H3,18,20,21). The highest BCUT2D eigenvalue weighted by Gasteiger charge is 2.18. The molecule has 0 aliphatic carbocycles. The van der Waals surface area contributed by atoms with Crippen LogP contribution in [0.25, 0.3) is 22.2 Å². The summed E-state index contributed by atoms with van der Waals surface area (Å²) >= 11 is 0. The number of ether oxygens (including phenoxy) is 1. The van der Waals surface area contributed by atoms with Crippen LogP contribution in [0.2, 0.25) is 0 Å². The minimum absolute atomic E-state index is 0.109. The molecule has 3 aromatic rings. The maximum atomic E-state index is 12.2. The maximum Gasteiger partial charge on any atom is 0.255 e. The Labute approximate surface area is 132 Å². The first-order chi connectivity index (χ1) is 11.1. The third-order valence-electron chi connectivity index (χ3n) is 4.03. The van der Waals surface area contributed by atoms with Crippen molar-refractivity contribution in [1.29, 1.82) is 0 Å². The third kappa shape index (κ3) is 2.28. The van der Waals surface area contributed by atoms with Crippen LogP contribution in [0.3, 0.4) is 0 Å². The van der Waals surface area contributed by atoms with E-state index in [2.05, 4.69) is 15.3 Å². The Morgan fingerprint density at radius 1 is 1.22 bits per heavy atom.